The highest BCUT2D eigenvalue weighted by Crippen LogP contribution is 2.30. The fraction of sp³-hybridized carbons (Fsp3) is 0.333. The molecular weight excluding hydrogens is 406 g/mol. The van der Waals surface area contributed by atoms with Crippen LogP contribution in [0.2, 0.25) is 0 Å². The number of nitrogens with zero attached hydrogens (tertiary/aromatic N) is 5. The van der Waals surface area contributed by atoms with Crippen LogP contribution in [0.15, 0.2) is 54.6 Å². The van der Waals surface area contributed by atoms with E-state index in [1.807, 2.05) is 43.3 Å². The molecule has 1 aliphatic rings. The minimum Gasteiger partial charge on any atom is -0.395 e. The molecule has 4 rings (SSSR count). The number of β-amino-alcohol motifs (C(OH)–C–C–N with tert-alkyl or cyclic N) is 1. The van der Waals surface area contributed by atoms with Crippen LogP contribution < -0.4 is 0 Å². The summed E-state index contributed by atoms with van der Waals surface area (Å²) in [6.07, 6.45) is 0. The fourth-order valence-electron chi connectivity index (χ4n) is 4.04. The first-order valence-corrected chi connectivity index (χ1v) is 10.8. The SMILES string of the molecule is Cc1nc(-c2ccccc2)nc(-c2cccc([N+](=O)[O-])c2)c1CN1CCN(CCO)CC1. The number of nitro groups is 1. The maximum Gasteiger partial charge on any atom is 0.270 e. The topological polar surface area (TPSA) is 95.6 Å². The molecule has 0 saturated carbocycles. The fourth-order valence-corrected chi connectivity index (χ4v) is 4.04. The highest BCUT2D eigenvalue weighted by molar-refractivity contribution is 5.69. The number of aliphatic hydroxyl groups excluding tert-OH is 1. The summed E-state index contributed by atoms with van der Waals surface area (Å²) >= 11 is 0. The maximum absolute atomic E-state index is 11.4. The third kappa shape index (κ3) is 4.99. The molecule has 1 aliphatic heterocycles. The largest absolute Gasteiger partial charge is 0.395 e. The van der Waals surface area contributed by atoms with Gasteiger partial charge in [0.2, 0.25) is 0 Å². The molecule has 0 amide bonds. The molecule has 3 aromatic rings. The van der Waals surface area contributed by atoms with Gasteiger partial charge in [-0.2, -0.15) is 0 Å². The lowest BCUT2D eigenvalue weighted by molar-refractivity contribution is -0.384. The molecule has 0 aliphatic carbocycles. The molecule has 32 heavy (non-hydrogen) atoms. The summed E-state index contributed by atoms with van der Waals surface area (Å²) in [5.74, 6) is 0.612. The van der Waals surface area contributed by atoms with E-state index in [9.17, 15) is 15.2 Å². The van der Waals surface area contributed by atoms with Crippen LogP contribution in [0, 0.1) is 17.0 Å². The van der Waals surface area contributed by atoms with E-state index in [4.69, 9.17) is 9.97 Å². The number of hydrogen-bond donors (Lipinski definition) is 1. The number of aryl methyl sites for hydroxylation is 1. The number of hydrogen-bond acceptors (Lipinski definition) is 7. The van der Waals surface area contributed by atoms with Gasteiger partial charge in [0.25, 0.3) is 5.69 Å². The van der Waals surface area contributed by atoms with E-state index in [0.29, 0.717) is 18.9 Å². The zero-order chi connectivity index (χ0) is 22.5. The Morgan fingerprint density at radius 1 is 0.969 bits per heavy atom. The molecule has 0 atom stereocenters. The third-order valence-electron chi connectivity index (χ3n) is 5.84. The van der Waals surface area contributed by atoms with Gasteiger partial charge in [-0.3, -0.25) is 19.9 Å². The summed E-state index contributed by atoms with van der Waals surface area (Å²) in [7, 11) is 0. The molecule has 0 unspecified atom stereocenters. The second-order valence-corrected chi connectivity index (χ2v) is 7.97. The van der Waals surface area contributed by atoms with E-state index >= 15 is 0 Å². The Morgan fingerprint density at radius 2 is 1.66 bits per heavy atom. The lowest BCUT2D eigenvalue weighted by Gasteiger charge is -2.34. The minimum atomic E-state index is -0.379. The van der Waals surface area contributed by atoms with Crippen molar-refractivity contribution >= 4 is 5.69 Å². The van der Waals surface area contributed by atoms with Gasteiger partial charge in [-0.15, -0.1) is 0 Å². The first-order valence-electron chi connectivity index (χ1n) is 10.8. The van der Waals surface area contributed by atoms with Crippen LogP contribution in [-0.4, -0.2) is 69.1 Å². The molecule has 8 nitrogen and oxygen atoms in total. The van der Waals surface area contributed by atoms with Gasteiger partial charge in [0.1, 0.15) is 0 Å². The van der Waals surface area contributed by atoms with Crippen molar-refractivity contribution in [3.05, 3.63) is 76.0 Å². The predicted octanol–water partition coefficient (Wildman–Crippen LogP) is 3.14. The highest BCUT2D eigenvalue weighted by atomic mass is 16.6. The molecule has 1 N–H and O–H groups in total. The van der Waals surface area contributed by atoms with Crippen molar-refractivity contribution in [2.75, 3.05) is 39.3 Å². The minimum absolute atomic E-state index is 0.0450. The quantitative estimate of drug-likeness (QED) is 0.452. The number of aliphatic hydroxyl groups is 1. The zero-order valence-electron chi connectivity index (χ0n) is 18.1. The van der Waals surface area contributed by atoms with Gasteiger partial charge in [0.15, 0.2) is 5.82 Å². The average molecular weight is 434 g/mol. The van der Waals surface area contributed by atoms with E-state index in [1.54, 1.807) is 12.1 Å². The van der Waals surface area contributed by atoms with Crippen LogP contribution in [0.1, 0.15) is 11.3 Å². The van der Waals surface area contributed by atoms with Gasteiger partial charge < -0.3 is 5.11 Å². The van der Waals surface area contributed by atoms with Crippen molar-refractivity contribution in [1.29, 1.82) is 0 Å². The molecule has 0 bridgehead atoms. The van der Waals surface area contributed by atoms with Gasteiger partial charge in [-0.25, -0.2) is 9.97 Å². The molecule has 2 heterocycles. The lowest BCUT2D eigenvalue weighted by Crippen LogP contribution is -2.46. The van der Waals surface area contributed by atoms with Crippen LogP contribution in [0.4, 0.5) is 5.69 Å². The van der Waals surface area contributed by atoms with Crippen molar-refractivity contribution in [2.24, 2.45) is 0 Å². The summed E-state index contributed by atoms with van der Waals surface area (Å²) in [4.78, 5) is 25.3. The van der Waals surface area contributed by atoms with Crippen molar-refractivity contribution in [2.45, 2.75) is 13.5 Å². The molecule has 2 aromatic carbocycles. The first kappa shape index (κ1) is 22.0. The van der Waals surface area contributed by atoms with Gasteiger partial charge in [-0.05, 0) is 6.92 Å². The Morgan fingerprint density at radius 3 is 2.34 bits per heavy atom. The van der Waals surface area contributed by atoms with Gasteiger partial charge in [0, 0.05) is 73.8 Å². The van der Waals surface area contributed by atoms with E-state index in [1.165, 1.54) is 6.07 Å². The first-order chi connectivity index (χ1) is 15.5. The predicted molar refractivity (Wildman–Crippen MR) is 123 cm³/mol. The Balaban J connectivity index is 1.72. The number of piperazine rings is 1. The van der Waals surface area contributed by atoms with Crippen LogP contribution in [0.5, 0.6) is 0 Å². The Labute approximate surface area is 187 Å². The molecular formula is C24H27N5O3. The molecule has 8 heteroatoms. The number of rotatable bonds is 7. The van der Waals surface area contributed by atoms with Crippen molar-refractivity contribution in [3.63, 3.8) is 0 Å². The monoisotopic (exact) mass is 433 g/mol. The third-order valence-corrected chi connectivity index (χ3v) is 5.84. The van der Waals surface area contributed by atoms with Gasteiger partial charge in [0.05, 0.1) is 17.2 Å². The number of aromatic nitrogens is 2. The second kappa shape index (κ2) is 9.95. The van der Waals surface area contributed by atoms with Crippen LogP contribution in [0.25, 0.3) is 22.6 Å². The Hall–Kier alpha value is -3.20. The number of nitro benzene ring substituents is 1. The van der Waals surface area contributed by atoms with E-state index in [2.05, 4.69) is 9.80 Å². The smallest absolute Gasteiger partial charge is 0.270 e. The molecule has 1 aromatic heterocycles. The second-order valence-electron chi connectivity index (χ2n) is 7.97. The van der Waals surface area contributed by atoms with E-state index in [-0.39, 0.29) is 17.2 Å². The summed E-state index contributed by atoms with van der Waals surface area (Å²) < 4.78 is 0. The van der Waals surface area contributed by atoms with Crippen molar-refractivity contribution in [1.82, 2.24) is 19.8 Å². The normalized spacial score (nSPS) is 15.1. The summed E-state index contributed by atoms with van der Waals surface area (Å²) in [5.41, 5.74) is 4.27. The molecule has 166 valence electrons. The lowest BCUT2D eigenvalue weighted by atomic mass is 10.0. The van der Waals surface area contributed by atoms with Crippen LogP contribution in [0.3, 0.4) is 0 Å². The standard InChI is InChI=1S/C24H27N5O3/c1-18-22(17-28-12-10-27(11-13-28)14-15-30)23(20-8-5-9-21(16-20)29(31)32)26-24(25-18)19-6-3-2-4-7-19/h2-9,16,30H,10-15,17H2,1H3. The number of benzene rings is 2. The summed E-state index contributed by atoms with van der Waals surface area (Å²) in [6, 6.07) is 16.4. The molecule has 0 spiro atoms. The van der Waals surface area contributed by atoms with Crippen LogP contribution >= 0.6 is 0 Å². The summed E-state index contributed by atoms with van der Waals surface area (Å²) in [5, 5.41) is 20.5. The Bertz CT molecular complexity index is 1080. The van der Waals surface area contributed by atoms with Crippen molar-refractivity contribution < 1.29 is 10.0 Å². The summed E-state index contributed by atoms with van der Waals surface area (Å²) in [6.45, 7) is 7.08. The zero-order valence-corrected chi connectivity index (χ0v) is 18.1. The van der Waals surface area contributed by atoms with Crippen LogP contribution in [-0.2, 0) is 6.54 Å². The molecule has 1 fully saturated rings. The van der Waals surface area contributed by atoms with Gasteiger partial charge in [-0.1, -0.05) is 42.5 Å². The van der Waals surface area contributed by atoms with Gasteiger partial charge >= 0.3 is 0 Å². The number of non-ortho nitro benzene ring substituents is 1. The maximum atomic E-state index is 11.4. The van der Waals surface area contributed by atoms with Crippen molar-refractivity contribution in [3.8, 4) is 22.6 Å². The molecule has 1 saturated heterocycles. The Kier molecular flexibility index (Phi) is 6.84. The highest BCUT2D eigenvalue weighted by Gasteiger charge is 2.22. The molecule has 0 radical (unpaired) electrons. The van der Waals surface area contributed by atoms with E-state index in [0.717, 1.165) is 54.3 Å². The average Bonchev–Trinajstić information content (AvgIpc) is 2.82. The van der Waals surface area contributed by atoms with E-state index < -0.39 is 0 Å².